The predicted octanol–water partition coefficient (Wildman–Crippen LogP) is 2.42. The lowest BCUT2D eigenvalue weighted by molar-refractivity contribution is 0.733. The van der Waals surface area contributed by atoms with Gasteiger partial charge in [-0.25, -0.2) is 4.98 Å². The fraction of sp³-hybridized carbons (Fsp3) is 0.625. The van der Waals surface area contributed by atoms with Gasteiger partial charge in [0.1, 0.15) is 0 Å². The number of aryl methyl sites for hydroxylation is 1. The Morgan fingerprint density at radius 1 is 1.64 bits per heavy atom. The highest BCUT2D eigenvalue weighted by molar-refractivity contribution is 6.28. The standard InChI is InChI=1S/C8H13ClN2/c1-3-4-5-7-6-10-8(9)11(7)2/h6H,3-5H2,1-2H3. The maximum absolute atomic E-state index is 5.76. The number of rotatable bonds is 3. The lowest BCUT2D eigenvalue weighted by Gasteiger charge is -1.99. The van der Waals surface area contributed by atoms with Crippen molar-refractivity contribution >= 4 is 11.6 Å². The monoisotopic (exact) mass is 172 g/mol. The Hall–Kier alpha value is -0.500. The first-order valence-corrected chi connectivity index (χ1v) is 4.29. The topological polar surface area (TPSA) is 17.8 Å². The number of unbranched alkanes of at least 4 members (excludes halogenated alkanes) is 1. The molecule has 1 aromatic heterocycles. The zero-order valence-electron chi connectivity index (χ0n) is 6.97. The Bertz CT molecular complexity index is 230. The summed E-state index contributed by atoms with van der Waals surface area (Å²) >= 11 is 5.76. The second-order valence-corrected chi connectivity index (χ2v) is 3.02. The predicted molar refractivity (Wildman–Crippen MR) is 46.8 cm³/mol. The quantitative estimate of drug-likeness (QED) is 0.685. The van der Waals surface area contributed by atoms with Crippen LogP contribution in [-0.2, 0) is 13.5 Å². The molecule has 11 heavy (non-hydrogen) atoms. The minimum absolute atomic E-state index is 0.580. The smallest absolute Gasteiger partial charge is 0.202 e. The fourth-order valence-corrected chi connectivity index (χ4v) is 1.17. The van der Waals surface area contributed by atoms with Gasteiger partial charge in [-0.15, -0.1) is 0 Å². The summed E-state index contributed by atoms with van der Waals surface area (Å²) in [6.45, 7) is 2.18. The SMILES string of the molecule is CCCCc1cnc(Cl)n1C. The largest absolute Gasteiger partial charge is 0.322 e. The fourth-order valence-electron chi connectivity index (χ4n) is 1.01. The van der Waals surface area contributed by atoms with Crippen molar-refractivity contribution in [2.75, 3.05) is 0 Å². The van der Waals surface area contributed by atoms with Crippen molar-refractivity contribution in [1.82, 2.24) is 9.55 Å². The molecule has 0 spiro atoms. The van der Waals surface area contributed by atoms with Gasteiger partial charge in [-0.1, -0.05) is 13.3 Å². The molecule has 3 heteroatoms. The van der Waals surface area contributed by atoms with E-state index in [1.807, 2.05) is 17.8 Å². The summed E-state index contributed by atoms with van der Waals surface area (Å²) < 4.78 is 1.93. The molecule has 1 heterocycles. The van der Waals surface area contributed by atoms with Crippen LogP contribution in [0.2, 0.25) is 5.28 Å². The van der Waals surface area contributed by atoms with Crippen LogP contribution in [0.4, 0.5) is 0 Å². The van der Waals surface area contributed by atoms with Gasteiger partial charge in [0, 0.05) is 18.9 Å². The Labute approximate surface area is 72.2 Å². The van der Waals surface area contributed by atoms with Crippen LogP contribution in [0.3, 0.4) is 0 Å². The van der Waals surface area contributed by atoms with Gasteiger partial charge in [0.2, 0.25) is 5.28 Å². The van der Waals surface area contributed by atoms with Crippen LogP contribution in [0.5, 0.6) is 0 Å². The maximum atomic E-state index is 5.76. The number of aromatic nitrogens is 2. The van der Waals surface area contributed by atoms with E-state index in [-0.39, 0.29) is 0 Å². The summed E-state index contributed by atoms with van der Waals surface area (Å²) in [6.07, 6.45) is 5.34. The second kappa shape index (κ2) is 3.77. The number of hydrogen-bond donors (Lipinski definition) is 0. The number of imidazole rings is 1. The van der Waals surface area contributed by atoms with E-state index < -0.39 is 0 Å². The molecule has 0 N–H and O–H groups in total. The summed E-state index contributed by atoms with van der Waals surface area (Å²) in [5.74, 6) is 0. The van der Waals surface area contributed by atoms with Crippen molar-refractivity contribution in [2.45, 2.75) is 26.2 Å². The van der Waals surface area contributed by atoms with E-state index in [4.69, 9.17) is 11.6 Å². The Morgan fingerprint density at radius 2 is 2.36 bits per heavy atom. The van der Waals surface area contributed by atoms with Crippen LogP contribution in [0.1, 0.15) is 25.5 Å². The molecule has 0 radical (unpaired) electrons. The Morgan fingerprint density at radius 3 is 2.82 bits per heavy atom. The molecule has 0 saturated heterocycles. The van der Waals surface area contributed by atoms with Gasteiger partial charge in [-0.05, 0) is 24.4 Å². The first kappa shape index (κ1) is 8.60. The van der Waals surface area contributed by atoms with E-state index in [9.17, 15) is 0 Å². The third kappa shape index (κ3) is 1.96. The number of hydrogen-bond acceptors (Lipinski definition) is 1. The molecule has 0 bridgehead atoms. The highest BCUT2D eigenvalue weighted by atomic mass is 35.5. The van der Waals surface area contributed by atoms with Crippen molar-refractivity contribution < 1.29 is 0 Å². The van der Waals surface area contributed by atoms with Crippen LogP contribution in [0.25, 0.3) is 0 Å². The lowest BCUT2D eigenvalue weighted by atomic mass is 10.2. The summed E-state index contributed by atoms with van der Waals surface area (Å²) in [5.41, 5.74) is 1.22. The van der Waals surface area contributed by atoms with E-state index in [1.54, 1.807) is 0 Å². The molecule has 0 atom stereocenters. The summed E-state index contributed by atoms with van der Waals surface area (Å²) in [6, 6.07) is 0. The minimum atomic E-state index is 0.580. The highest BCUT2D eigenvalue weighted by Crippen LogP contribution is 2.10. The van der Waals surface area contributed by atoms with Gasteiger partial charge in [-0.2, -0.15) is 0 Å². The van der Waals surface area contributed by atoms with Gasteiger partial charge in [0.05, 0.1) is 0 Å². The van der Waals surface area contributed by atoms with Gasteiger partial charge >= 0.3 is 0 Å². The third-order valence-electron chi connectivity index (χ3n) is 1.81. The zero-order valence-corrected chi connectivity index (χ0v) is 7.73. The van der Waals surface area contributed by atoms with Gasteiger partial charge in [-0.3, -0.25) is 0 Å². The lowest BCUT2D eigenvalue weighted by Crippen LogP contribution is -1.95. The van der Waals surface area contributed by atoms with Crippen LogP contribution < -0.4 is 0 Å². The van der Waals surface area contributed by atoms with Crippen LogP contribution in [0, 0.1) is 0 Å². The maximum Gasteiger partial charge on any atom is 0.202 e. The number of nitrogens with zero attached hydrogens (tertiary/aromatic N) is 2. The van der Waals surface area contributed by atoms with Crippen LogP contribution >= 0.6 is 11.6 Å². The average Bonchev–Trinajstić information content (AvgIpc) is 2.31. The molecule has 0 aromatic carbocycles. The molecule has 1 aromatic rings. The van der Waals surface area contributed by atoms with E-state index in [2.05, 4.69) is 11.9 Å². The molecule has 2 nitrogen and oxygen atoms in total. The molecule has 0 aliphatic rings. The molecular weight excluding hydrogens is 160 g/mol. The van der Waals surface area contributed by atoms with Gasteiger partial charge in [0.15, 0.2) is 0 Å². The molecular formula is C8H13ClN2. The molecule has 1 rings (SSSR count). The molecule has 0 amide bonds. The third-order valence-corrected chi connectivity index (χ3v) is 2.17. The summed E-state index contributed by atoms with van der Waals surface area (Å²) in [7, 11) is 1.94. The highest BCUT2D eigenvalue weighted by Gasteiger charge is 2.01. The molecule has 0 unspecified atom stereocenters. The van der Waals surface area contributed by atoms with E-state index in [0.29, 0.717) is 5.28 Å². The van der Waals surface area contributed by atoms with Crippen LogP contribution in [0.15, 0.2) is 6.20 Å². The van der Waals surface area contributed by atoms with Crippen molar-refractivity contribution in [3.63, 3.8) is 0 Å². The van der Waals surface area contributed by atoms with Crippen molar-refractivity contribution in [3.8, 4) is 0 Å². The van der Waals surface area contributed by atoms with E-state index in [0.717, 1.165) is 6.42 Å². The second-order valence-electron chi connectivity index (χ2n) is 2.68. The van der Waals surface area contributed by atoms with Gasteiger partial charge in [0.25, 0.3) is 0 Å². The summed E-state index contributed by atoms with van der Waals surface area (Å²) in [5, 5.41) is 0.580. The van der Waals surface area contributed by atoms with Crippen molar-refractivity contribution in [2.24, 2.45) is 7.05 Å². The Kier molecular flexibility index (Phi) is 2.94. The van der Waals surface area contributed by atoms with Crippen molar-refractivity contribution in [1.29, 1.82) is 0 Å². The molecule has 62 valence electrons. The first-order chi connectivity index (χ1) is 5.25. The zero-order chi connectivity index (χ0) is 8.27. The average molecular weight is 173 g/mol. The van der Waals surface area contributed by atoms with Gasteiger partial charge < -0.3 is 4.57 Å². The molecule has 0 fully saturated rings. The van der Waals surface area contributed by atoms with E-state index in [1.165, 1.54) is 18.5 Å². The molecule has 0 saturated carbocycles. The molecule has 0 aliphatic heterocycles. The van der Waals surface area contributed by atoms with E-state index >= 15 is 0 Å². The molecule has 0 aliphatic carbocycles. The van der Waals surface area contributed by atoms with Crippen LogP contribution in [-0.4, -0.2) is 9.55 Å². The minimum Gasteiger partial charge on any atom is -0.322 e. The number of halogens is 1. The summed E-state index contributed by atoms with van der Waals surface area (Å²) in [4.78, 5) is 4.00. The first-order valence-electron chi connectivity index (χ1n) is 3.91. The normalized spacial score (nSPS) is 10.5. The van der Waals surface area contributed by atoms with Crippen molar-refractivity contribution in [3.05, 3.63) is 17.2 Å². The Balaban J connectivity index is 2.63.